The lowest BCUT2D eigenvalue weighted by Gasteiger charge is -2.29. The van der Waals surface area contributed by atoms with Gasteiger partial charge >= 0.3 is 0 Å². The number of hydrogen-bond acceptors (Lipinski definition) is 4. The molecule has 0 bridgehead atoms. The fourth-order valence-electron chi connectivity index (χ4n) is 3.90. The van der Waals surface area contributed by atoms with E-state index in [0.717, 1.165) is 5.56 Å². The average molecular weight is 410 g/mol. The highest BCUT2D eigenvalue weighted by molar-refractivity contribution is 6.18. The van der Waals surface area contributed by atoms with Gasteiger partial charge in [0.05, 0.1) is 22.3 Å². The van der Waals surface area contributed by atoms with Gasteiger partial charge in [-0.2, -0.15) is 0 Å². The van der Waals surface area contributed by atoms with E-state index in [0.29, 0.717) is 28.1 Å². The molecule has 6 heteroatoms. The molecule has 0 spiro atoms. The molecule has 0 aliphatic carbocycles. The van der Waals surface area contributed by atoms with E-state index in [1.54, 1.807) is 49.4 Å². The summed E-state index contributed by atoms with van der Waals surface area (Å²) in [6.07, 6.45) is 0. The molecule has 0 unspecified atom stereocenters. The first-order chi connectivity index (χ1) is 15.0. The Morgan fingerprint density at radius 3 is 2.48 bits per heavy atom. The van der Waals surface area contributed by atoms with Crippen LogP contribution >= 0.6 is 0 Å². The zero-order chi connectivity index (χ0) is 21.5. The second kappa shape index (κ2) is 7.25. The predicted octanol–water partition coefficient (Wildman–Crippen LogP) is 4.37. The number of carbonyl (C=O) groups excluding carboxylic acids is 2. The van der Waals surface area contributed by atoms with E-state index >= 15 is 0 Å². The Kier molecular flexibility index (Phi) is 4.40. The summed E-state index contributed by atoms with van der Waals surface area (Å²) in [4.78, 5) is 40.2. The van der Waals surface area contributed by atoms with Crippen LogP contribution in [0.2, 0.25) is 0 Å². The molecular formula is C25H18N2O4. The molecule has 1 aliphatic rings. The highest BCUT2D eigenvalue weighted by atomic mass is 16.3. The third-order valence-corrected chi connectivity index (χ3v) is 5.43. The number of amides is 2. The number of benzene rings is 3. The van der Waals surface area contributed by atoms with Crippen LogP contribution in [-0.2, 0) is 4.79 Å². The van der Waals surface area contributed by atoms with E-state index in [9.17, 15) is 14.4 Å². The largest absolute Gasteiger partial charge is 0.455 e. The molecule has 1 aromatic heterocycles. The number of carbonyl (C=O) groups is 2. The monoisotopic (exact) mass is 410 g/mol. The van der Waals surface area contributed by atoms with Crippen LogP contribution in [0.15, 0.2) is 82.0 Å². The van der Waals surface area contributed by atoms with E-state index in [1.165, 1.54) is 4.90 Å². The first-order valence-corrected chi connectivity index (χ1v) is 9.87. The molecule has 0 atom stereocenters. The zero-order valence-electron chi connectivity index (χ0n) is 16.7. The second-order valence-electron chi connectivity index (χ2n) is 7.39. The maximum absolute atomic E-state index is 13.5. The predicted molar refractivity (Wildman–Crippen MR) is 119 cm³/mol. The lowest BCUT2D eigenvalue weighted by Crippen LogP contribution is -2.42. The normalized spacial score (nSPS) is 13.1. The summed E-state index contributed by atoms with van der Waals surface area (Å²) in [5.74, 6) is -0.261. The fourth-order valence-corrected chi connectivity index (χ4v) is 3.90. The Bertz CT molecular complexity index is 1410. The van der Waals surface area contributed by atoms with Gasteiger partial charge in [0, 0.05) is 11.1 Å². The van der Waals surface area contributed by atoms with Gasteiger partial charge in [-0.1, -0.05) is 48.5 Å². The number of hydrogen-bond donors (Lipinski definition) is 1. The second-order valence-corrected chi connectivity index (χ2v) is 7.39. The molecule has 5 rings (SSSR count). The van der Waals surface area contributed by atoms with Crippen LogP contribution in [0.25, 0.3) is 22.3 Å². The zero-order valence-corrected chi connectivity index (χ0v) is 16.7. The molecule has 0 saturated carbocycles. The van der Waals surface area contributed by atoms with Gasteiger partial charge in [0.15, 0.2) is 11.0 Å². The van der Waals surface area contributed by atoms with Gasteiger partial charge in [0.2, 0.25) is 5.91 Å². The summed E-state index contributed by atoms with van der Waals surface area (Å²) >= 11 is 0. The van der Waals surface area contributed by atoms with Crippen molar-refractivity contribution in [3.05, 3.63) is 94.1 Å². The van der Waals surface area contributed by atoms with Gasteiger partial charge in [0.25, 0.3) is 5.91 Å². The molecule has 31 heavy (non-hydrogen) atoms. The van der Waals surface area contributed by atoms with Gasteiger partial charge < -0.3 is 9.73 Å². The lowest BCUT2D eigenvalue weighted by molar-refractivity contribution is -0.115. The molecule has 0 radical (unpaired) electrons. The fraction of sp³-hybridized carbons (Fsp3) is 0.0800. The summed E-state index contributed by atoms with van der Waals surface area (Å²) in [6.45, 7) is 1.60. The Hall–Kier alpha value is -4.19. The quantitative estimate of drug-likeness (QED) is 0.532. The molecule has 2 heterocycles. The van der Waals surface area contributed by atoms with Crippen LogP contribution in [0, 0.1) is 6.92 Å². The first-order valence-electron chi connectivity index (χ1n) is 9.87. The van der Waals surface area contributed by atoms with Gasteiger partial charge in [-0.05, 0) is 31.2 Å². The maximum Gasteiger partial charge on any atom is 0.262 e. The van der Waals surface area contributed by atoms with Gasteiger partial charge in [-0.3, -0.25) is 19.3 Å². The molecule has 152 valence electrons. The Morgan fingerprint density at radius 2 is 1.68 bits per heavy atom. The van der Waals surface area contributed by atoms with Gasteiger partial charge in [-0.25, -0.2) is 0 Å². The summed E-state index contributed by atoms with van der Waals surface area (Å²) < 4.78 is 6.17. The Labute approximate surface area is 177 Å². The van der Waals surface area contributed by atoms with Crippen molar-refractivity contribution in [2.45, 2.75) is 6.92 Å². The summed E-state index contributed by atoms with van der Waals surface area (Å²) in [7, 11) is 0. The van der Waals surface area contributed by atoms with Crippen LogP contribution in [0.5, 0.6) is 0 Å². The Morgan fingerprint density at radius 1 is 0.935 bits per heavy atom. The topological polar surface area (TPSA) is 79.6 Å². The molecule has 4 aromatic rings. The highest BCUT2D eigenvalue weighted by Crippen LogP contribution is 2.32. The van der Waals surface area contributed by atoms with Crippen molar-refractivity contribution in [3.8, 4) is 11.3 Å². The van der Waals surface area contributed by atoms with E-state index < -0.39 is 5.91 Å². The molecule has 0 saturated heterocycles. The number of fused-ring (bicyclic) bond motifs is 2. The smallest absolute Gasteiger partial charge is 0.262 e. The highest BCUT2D eigenvalue weighted by Gasteiger charge is 2.29. The minimum absolute atomic E-state index is 0.117. The number of para-hydroxylation sites is 3. The van der Waals surface area contributed by atoms with E-state index in [1.807, 2.05) is 30.3 Å². The molecule has 3 aromatic carbocycles. The van der Waals surface area contributed by atoms with Crippen molar-refractivity contribution >= 4 is 34.2 Å². The molecule has 0 fully saturated rings. The minimum atomic E-state index is -0.404. The SMILES string of the molecule is Cc1c(-c2ccccc2)oc2c(C(=O)N3CC(=O)Nc4ccccc43)cccc2c1=O. The average Bonchev–Trinajstić information content (AvgIpc) is 2.80. The van der Waals surface area contributed by atoms with Crippen molar-refractivity contribution in [2.75, 3.05) is 16.8 Å². The molecule has 1 N–H and O–H groups in total. The number of nitrogens with zero attached hydrogens (tertiary/aromatic N) is 1. The molecule has 1 aliphatic heterocycles. The van der Waals surface area contributed by atoms with Crippen LogP contribution < -0.4 is 15.6 Å². The van der Waals surface area contributed by atoms with E-state index in [-0.39, 0.29) is 29.0 Å². The van der Waals surface area contributed by atoms with Crippen molar-refractivity contribution in [3.63, 3.8) is 0 Å². The third-order valence-electron chi connectivity index (χ3n) is 5.43. The standard InChI is InChI=1S/C25H18N2O4/c1-15-22(29)17-10-7-11-18(24(17)31-23(15)16-8-3-2-4-9-16)25(30)27-14-21(28)26-19-12-5-6-13-20(19)27/h2-13H,14H2,1H3,(H,26,28). The van der Waals surface area contributed by atoms with Crippen LogP contribution in [0.1, 0.15) is 15.9 Å². The molecule has 6 nitrogen and oxygen atoms in total. The van der Waals surface area contributed by atoms with Crippen molar-refractivity contribution in [2.24, 2.45) is 0 Å². The molecule has 2 amide bonds. The number of rotatable bonds is 2. The summed E-state index contributed by atoms with van der Waals surface area (Å²) in [5, 5.41) is 3.11. The summed E-state index contributed by atoms with van der Waals surface area (Å²) in [5.41, 5.74) is 2.65. The third kappa shape index (κ3) is 3.09. The lowest BCUT2D eigenvalue weighted by atomic mass is 10.0. The Balaban J connectivity index is 1.71. The van der Waals surface area contributed by atoms with Gasteiger partial charge in [-0.15, -0.1) is 0 Å². The maximum atomic E-state index is 13.5. The summed E-state index contributed by atoms with van der Waals surface area (Å²) in [6, 6.07) is 21.3. The van der Waals surface area contributed by atoms with Crippen LogP contribution in [-0.4, -0.2) is 18.4 Å². The number of nitrogens with one attached hydrogen (secondary N) is 1. The molecular weight excluding hydrogens is 392 g/mol. The van der Waals surface area contributed by atoms with E-state index in [2.05, 4.69) is 5.32 Å². The van der Waals surface area contributed by atoms with E-state index in [4.69, 9.17) is 4.42 Å². The van der Waals surface area contributed by atoms with Crippen LogP contribution in [0.3, 0.4) is 0 Å². The first kappa shape index (κ1) is 18.8. The van der Waals surface area contributed by atoms with Crippen molar-refractivity contribution < 1.29 is 14.0 Å². The minimum Gasteiger partial charge on any atom is -0.455 e. The van der Waals surface area contributed by atoms with Crippen LogP contribution in [0.4, 0.5) is 11.4 Å². The van der Waals surface area contributed by atoms with Crippen molar-refractivity contribution in [1.29, 1.82) is 0 Å². The van der Waals surface area contributed by atoms with Gasteiger partial charge in [0.1, 0.15) is 12.3 Å². The number of anilines is 2. The van der Waals surface area contributed by atoms with Crippen molar-refractivity contribution in [1.82, 2.24) is 0 Å².